The molecule has 0 saturated carbocycles. The number of methoxy groups -OCH3 is 1. The van der Waals surface area contributed by atoms with E-state index < -0.39 is 16.0 Å². The van der Waals surface area contributed by atoms with Crippen molar-refractivity contribution in [2.75, 3.05) is 17.1 Å². The molecule has 0 aliphatic carbocycles. The van der Waals surface area contributed by atoms with Crippen LogP contribution < -0.4 is 10.0 Å². The van der Waals surface area contributed by atoms with Crippen molar-refractivity contribution >= 4 is 33.1 Å². The molecule has 3 rings (SSSR count). The SMILES string of the molecule is COC(=O)c1ccc(Nc2ccc(NS(=O)(=O)c3ccccc3C)cc2)cc1. The second-order valence-electron chi connectivity index (χ2n) is 6.14. The van der Waals surface area contributed by atoms with Gasteiger partial charge in [0, 0.05) is 17.1 Å². The third-order valence-corrected chi connectivity index (χ3v) is 5.66. The molecule has 2 N–H and O–H groups in total. The smallest absolute Gasteiger partial charge is 0.337 e. The summed E-state index contributed by atoms with van der Waals surface area (Å²) in [7, 11) is -2.31. The lowest BCUT2D eigenvalue weighted by Crippen LogP contribution is -2.14. The number of esters is 1. The van der Waals surface area contributed by atoms with Crippen LogP contribution in [0.3, 0.4) is 0 Å². The highest BCUT2D eigenvalue weighted by molar-refractivity contribution is 7.92. The van der Waals surface area contributed by atoms with Crippen molar-refractivity contribution in [2.24, 2.45) is 0 Å². The lowest BCUT2D eigenvalue weighted by Gasteiger charge is -2.11. The average molecular weight is 396 g/mol. The molecular weight excluding hydrogens is 376 g/mol. The first-order valence-corrected chi connectivity index (χ1v) is 10.0. The van der Waals surface area contributed by atoms with Crippen LogP contribution in [0.15, 0.2) is 77.7 Å². The molecule has 0 aromatic heterocycles. The van der Waals surface area contributed by atoms with Crippen LogP contribution in [0.4, 0.5) is 17.1 Å². The van der Waals surface area contributed by atoms with Crippen molar-refractivity contribution in [3.8, 4) is 0 Å². The molecule has 0 unspecified atom stereocenters. The maximum atomic E-state index is 12.5. The standard InChI is InChI=1S/C21H20N2O4S/c1-15-5-3-4-6-20(15)28(25,26)23-19-13-11-18(12-14-19)22-17-9-7-16(8-10-17)21(24)27-2/h3-14,22-23H,1-2H3. The first-order valence-electron chi connectivity index (χ1n) is 8.53. The Labute approximate surface area is 164 Å². The van der Waals surface area contributed by atoms with Gasteiger partial charge >= 0.3 is 5.97 Å². The van der Waals surface area contributed by atoms with E-state index in [1.54, 1.807) is 79.7 Å². The summed E-state index contributed by atoms with van der Waals surface area (Å²) < 4.78 is 32.3. The third kappa shape index (κ3) is 4.50. The Hall–Kier alpha value is -3.32. The van der Waals surface area contributed by atoms with Gasteiger partial charge in [0.15, 0.2) is 0 Å². The second-order valence-corrected chi connectivity index (χ2v) is 7.79. The minimum absolute atomic E-state index is 0.253. The second kappa shape index (κ2) is 8.14. The molecule has 0 heterocycles. The predicted molar refractivity (Wildman–Crippen MR) is 109 cm³/mol. The number of benzene rings is 3. The molecule has 0 radical (unpaired) electrons. The van der Waals surface area contributed by atoms with E-state index in [1.165, 1.54) is 7.11 Å². The summed E-state index contributed by atoms with van der Waals surface area (Å²) in [5.41, 5.74) is 3.19. The summed E-state index contributed by atoms with van der Waals surface area (Å²) in [4.78, 5) is 11.7. The van der Waals surface area contributed by atoms with Crippen LogP contribution in [-0.2, 0) is 14.8 Å². The number of hydrogen-bond donors (Lipinski definition) is 2. The van der Waals surface area contributed by atoms with Gasteiger partial charge in [-0.15, -0.1) is 0 Å². The number of anilines is 3. The molecule has 0 atom stereocenters. The number of nitrogens with one attached hydrogen (secondary N) is 2. The number of ether oxygens (including phenoxy) is 1. The molecule has 0 bridgehead atoms. The number of carbonyl (C=O) groups is 1. The van der Waals surface area contributed by atoms with Gasteiger partial charge in [0.2, 0.25) is 0 Å². The van der Waals surface area contributed by atoms with Crippen molar-refractivity contribution in [1.29, 1.82) is 0 Å². The van der Waals surface area contributed by atoms with Crippen molar-refractivity contribution in [3.05, 3.63) is 83.9 Å². The van der Waals surface area contributed by atoms with Crippen molar-refractivity contribution in [1.82, 2.24) is 0 Å². The maximum absolute atomic E-state index is 12.5. The normalized spacial score (nSPS) is 10.9. The van der Waals surface area contributed by atoms with Crippen LogP contribution in [0.2, 0.25) is 0 Å². The minimum Gasteiger partial charge on any atom is -0.465 e. The van der Waals surface area contributed by atoms with Gasteiger partial charge in [-0.2, -0.15) is 0 Å². The lowest BCUT2D eigenvalue weighted by molar-refractivity contribution is 0.0600. The average Bonchev–Trinajstić information content (AvgIpc) is 2.69. The van der Waals surface area contributed by atoms with Crippen molar-refractivity contribution < 1.29 is 17.9 Å². The number of hydrogen-bond acceptors (Lipinski definition) is 5. The molecule has 0 amide bonds. The number of rotatable bonds is 6. The molecule has 0 aliphatic heterocycles. The Morgan fingerprint density at radius 1 is 0.821 bits per heavy atom. The fourth-order valence-electron chi connectivity index (χ4n) is 2.66. The predicted octanol–water partition coefficient (Wildman–Crippen LogP) is 4.33. The van der Waals surface area contributed by atoms with Gasteiger partial charge in [0.05, 0.1) is 17.6 Å². The van der Waals surface area contributed by atoms with E-state index in [9.17, 15) is 13.2 Å². The zero-order valence-electron chi connectivity index (χ0n) is 15.5. The van der Waals surface area contributed by atoms with Gasteiger partial charge < -0.3 is 10.1 Å². The molecule has 0 fully saturated rings. The van der Waals surface area contributed by atoms with Crippen LogP contribution in [0.25, 0.3) is 0 Å². The molecule has 0 spiro atoms. The Morgan fingerprint density at radius 2 is 1.36 bits per heavy atom. The highest BCUT2D eigenvalue weighted by Gasteiger charge is 2.16. The highest BCUT2D eigenvalue weighted by Crippen LogP contribution is 2.22. The lowest BCUT2D eigenvalue weighted by atomic mass is 10.2. The van der Waals surface area contributed by atoms with Crippen LogP contribution in [0, 0.1) is 6.92 Å². The van der Waals surface area contributed by atoms with E-state index in [4.69, 9.17) is 0 Å². The van der Waals surface area contributed by atoms with Crippen LogP contribution >= 0.6 is 0 Å². The topological polar surface area (TPSA) is 84.5 Å². The van der Waals surface area contributed by atoms with E-state index in [0.29, 0.717) is 16.8 Å². The minimum atomic E-state index is -3.65. The molecule has 3 aromatic carbocycles. The Kier molecular flexibility index (Phi) is 5.65. The molecule has 28 heavy (non-hydrogen) atoms. The van der Waals surface area contributed by atoms with Crippen LogP contribution in [0.5, 0.6) is 0 Å². The summed E-state index contributed by atoms with van der Waals surface area (Å²) in [6.45, 7) is 1.76. The van der Waals surface area contributed by atoms with E-state index in [-0.39, 0.29) is 4.90 Å². The molecular formula is C21H20N2O4S. The van der Waals surface area contributed by atoms with Gasteiger partial charge in [0.25, 0.3) is 10.0 Å². The van der Waals surface area contributed by atoms with Gasteiger partial charge in [-0.1, -0.05) is 18.2 Å². The molecule has 144 valence electrons. The Bertz CT molecular complexity index is 1080. The summed E-state index contributed by atoms with van der Waals surface area (Å²) >= 11 is 0. The quantitative estimate of drug-likeness (QED) is 0.606. The maximum Gasteiger partial charge on any atom is 0.337 e. The fourth-order valence-corrected chi connectivity index (χ4v) is 3.97. The highest BCUT2D eigenvalue weighted by atomic mass is 32.2. The molecule has 0 aliphatic rings. The molecule has 0 saturated heterocycles. The van der Waals surface area contributed by atoms with Gasteiger partial charge in [-0.25, -0.2) is 13.2 Å². The third-order valence-electron chi connectivity index (χ3n) is 4.11. The molecule has 6 nitrogen and oxygen atoms in total. The number of carbonyl (C=O) groups excluding carboxylic acids is 1. The Balaban J connectivity index is 1.70. The van der Waals surface area contributed by atoms with E-state index >= 15 is 0 Å². The number of aryl methyl sites for hydroxylation is 1. The Morgan fingerprint density at radius 3 is 1.93 bits per heavy atom. The zero-order valence-corrected chi connectivity index (χ0v) is 16.3. The summed E-state index contributed by atoms with van der Waals surface area (Å²) in [5.74, 6) is -0.392. The van der Waals surface area contributed by atoms with E-state index in [1.807, 2.05) is 0 Å². The molecule has 3 aromatic rings. The van der Waals surface area contributed by atoms with Crippen molar-refractivity contribution in [2.45, 2.75) is 11.8 Å². The summed E-state index contributed by atoms with van der Waals surface area (Å²) in [6, 6.07) is 20.6. The van der Waals surface area contributed by atoms with Crippen molar-refractivity contribution in [3.63, 3.8) is 0 Å². The summed E-state index contributed by atoms with van der Waals surface area (Å²) in [5, 5.41) is 3.19. The first-order chi connectivity index (χ1) is 13.4. The van der Waals surface area contributed by atoms with Gasteiger partial charge in [-0.05, 0) is 67.1 Å². The van der Waals surface area contributed by atoms with E-state index in [0.717, 1.165) is 11.4 Å². The van der Waals surface area contributed by atoms with E-state index in [2.05, 4.69) is 14.8 Å². The van der Waals surface area contributed by atoms with Gasteiger partial charge in [0.1, 0.15) is 0 Å². The zero-order chi connectivity index (χ0) is 20.1. The van der Waals surface area contributed by atoms with Gasteiger partial charge in [-0.3, -0.25) is 4.72 Å². The fraction of sp³-hybridized carbons (Fsp3) is 0.0952. The molecule has 7 heteroatoms. The first kappa shape index (κ1) is 19.4. The largest absolute Gasteiger partial charge is 0.465 e. The number of sulfonamides is 1. The van der Waals surface area contributed by atoms with Crippen LogP contribution in [-0.4, -0.2) is 21.5 Å². The monoisotopic (exact) mass is 396 g/mol. The van der Waals surface area contributed by atoms with Crippen LogP contribution in [0.1, 0.15) is 15.9 Å². The summed E-state index contributed by atoms with van der Waals surface area (Å²) in [6.07, 6.45) is 0.